The zero-order valence-electron chi connectivity index (χ0n) is 11.7. The van der Waals surface area contributed by atoms with Crippen molar-refractivity contribution in [1.82, 2.24) is 0 Å². The number of hydrogen-bond acceptors (Lipinski definition) is 3. The number of rotatable bonds is 4. The number of benzene rings is 2. The Morgan fingerprint density at radius 3 is 2.21 bits per heavy atom. The molecule has 0 spiro atoms. The molecule has 0 aliphatic heterocycles. The second-order valence-electron chi connectivity index (χ2n) is 4.50. The molecular formula is C15H8Cl3F2NO3. The van der Waals surface area contributed by atoms with E-state index in [2.05, 4.69) is 5.32 Å². The third kappa shape index (κ3) is 4.56. The van der Waals surface area contributed by atoms with Crippen molar-refractivity contribution in [1.29, 1.82) is 0 Å². The summed E-state index contributed by atoms with van der Waals surface area (Å²) >= 11 is 17.5. The molecule has 0 saturated carbocycles. The average Bonchev–Trinajstić information content (AvgIpc) is 2.48. The summed E-state index contributed by atoms with van der Waals surface area (Å²) in [6, 6.07) is 5.22. The molecule has 0 unspecified atom stereocenters. The number of ether oxygens (including phenoxy) is 1. The summed E-state index contributed by atoms with van der Waals surface area (Å²) in [5.74, 6) is -3.49. The fourth-order valence-corrected chi connectivity index (χ4v) is 2.42. The first kappa shape index (κ1) is 18.4. The monoisotopic (exact) mass is 393 g/mol. The molecule has 9 heteroatoms. The van der Waals surface area contributed by atoms with Gasteiger partial charge in [-0.3, -0.25) is 4.79 Å². The molecule has 1 amide bonds. The van der Waals surface area contributed by atoms with Gasteiger partial charge in [0.25, 0.3) is 5.91 Å². The van der Waals surface area contributed by atoms with Crippen molar-refractivity contribution >= 4 is 52.4 Å². The zero-order valence-corrected chi connectivity index (χ0v) is 14.0. The summed E-state index contributed by atoms with van der Waals surface area (Å²) in [4.78, 5) is 23.6. The van der Waals surface area contributed by atoms with Gasteiger partial charge in [0, 0.05) is 11.8 Å². The lowest BCUT2D eigenvalue weighted by atomic mass is 10.2. The molecule has 0 aliphatic rings. The summed E-state index contributed by atoms with van der Waals surface area (Å²) in [6.07, 6.45) is 0. The van der Waals surface area contributed by atoms with Gasteiger partial charge in [-0.15, -0.1) is 0 Å². The van der Waals surface area contributed by atoms with Crippen molar-refractivity contribution in [3.05, 3.63) is 62.6 Å². The van der Waals surface area contributed by atoms with E-state index < -0.39 is 30.1 Å². The van der Waals surface area contributed by atoms with Crippen molar-refractivity contribution in [2.75, 3.05) is 11.9 Å². The van der Waals surface area contributed by atoms with Crippen LogP contribution in [0.5, 0.6) is 0 Å². The van der Waals surface area contributed by atoms with Gasteiger partial charge in [-0.2, -0.15) is 0 Å². The quantitative estimate of drug-likeness (QED) is 0.603. The number of nitrogens with one attached hydrogen (secondary N) is 1. The Hall–Kier alpha value is -1.89. The zero-order chi connectivity index (χ0) is 17.9. The van der Waals surface area contributed by atoms with E-state index in [1.807, 2.05) is 0 Å². The van der Waals surface area contributed by atoms with Crippen molar-refractivity contribution in [3.8, 4) is 0 Å². The second kappa shape index (κ2) is 7.79. The maximum Gasteiger partial charge on any atom is 0.341 e. The molecule has 0 bridgehead atoms. The third-order valence-corrected chi connectivity index (χ3v) is 3.85. The van der Waals surface area contributed by atoms with Crippen LogP contribution < -0.4 is 5.32 Å². The van der Waals surface area contributed by atoms with Gasteiger partial charge in [-0.05, 0) is 24.3 Å². The maximum atomic E-state index is 13.0. The number of amides is 1. The molecule has 2 rings (SSSR count). The van der Waals surface area contributed by atoms with Crippen LogP contribution in [0.3, 0.4) is 0 Å². The highest BCUT2D eigenvalue weighted by Crippen LogP contribution is 2.31. The van der Waals surface area contributed by atoms with Gasteiger partial charge in [0.05, 0.1) is 20.6 Å². The van der Waals surface area contributed by atoms with Crippen LogP contribution in [0.15, 0.2) is 30.3 Å². The fourth-order valence-electron chi connectivity index (χ4n) is 1.74. The molecule has 0 saturated heterocycles. The van der Waals surface area contributed by atoms with E-state index in [9.17, 15) is 18.4 Å². The summed E-state index contributed by atoms with van der Waals surface area (Å²) in [5.41, 5.74) is -0.303. The normalized spacial score (nSPS) is 10.4. The molecular weight excluding hydrogens is 387 g/mol. The Bertz CT molecular complexity index is 795. The molecule has 0 atom stereocenters. The molecule has 2 aromatic carbocycles. The van der Waals surface area contributed by atoms with E-state index >= 15 is 0 Å². The van der Waals surface area contributed by atoms with Crippen molar-refractivity contribution < 1.29 is 23.1 Å². The maximum absolute atomic E-state index is 13.0. The number of carbonyl (C=O) groups is 2. The van der Waals surface area contributed by atoms with E-state index in [4.69, 9.17) is 39.5 Å². The molecule has 2 aromatic rings. The highest BCUT2D eigenvalue weighted by molar-refractivity contribution is 6.46. The minimum absolute atomic E-state index is 0.00186. The van der Waals surface area contributed by atoms with Crippen LogP contribution in [0.1, 0.15) is 10.4 Å². The first-order chi connectivity index (χ1) is 11.3. The lowest BCUT2D eigenvalue weighted by Crippen LogP contribution is -2.21. The lowest BCUT2D eigenvalue weighted by molar-refractivity contribution is -0.119. The lowest BCUT2D eigenvalue weighted by Gasteiger charge is -2.09. The molecule has 24 heavy (non-hydrogen) atoms. The summed E-state index contributed by atoms with van der Waals surface area (Å²) in [7, 11) is 0. The van der Waals surface area contributed by atoms with Crippen LogP contribution in [0.25, 0.3) is 0 Å². The van der Waals surface area contributed by atoms with E-state index in [0.717, 1.165) is 12.1 Å². The molecule has 0 fully saturated rings. The minimum Gasteiger partial charge on any atom is -0.452 e. The largest absolute Gasteiger partial charge is 0.452 e. The summed E-state index contributed by atoms with van der Waals surface area (Å²) < 4.78 is 30.8. The first-order valence-corrected chi connectivity index (χ1v) is 7.48. The third-order valence-electron chi connectivity index (χ3n) is 2.73. The van der Waals surface area contributed by atoms with Gasteiger partial charge in [0.15, 0.2) is 6.61 Å². The molecule has 0 heterocycles. The Morgan fingerprint density at radius 2 is 1.58 bits per heavy atom. The predicted octanol–water partition coefficient (Wildman–Crippen LogP) is 4.72. The van der Waals surface area contributed by atoms with Gasteiger partial charge in [-0.25, -0.2) is 13.6 Å². The summed E-state index contributed by atoms with van der Waals surface area (Å²) in [5, 5.41) is 2.17. The van der Waals surface area contributed by atoms with Crippen LogP contribution in [0, 0.1) is 11.6 Å². The number of hydrogen-bond donors (Lipinski definition) is 1. The average molecular weight is 395 g/mol. The Labute approximate surface area is 150 Å². The first-order valence-electron chi connectivity index (χ1n) is 6.34. The minimum atomic E-state index is -0.965. The molecule has 0 aliphatic carbocycles. The van der Waals surface area contributed by atoms with E-state index in [1.54, 1.807) is 0 Å². The predicted molar refractivity (Wildman–Crippen MR) is 86.7 cm³/mol. The SMILES string of the molecule is O=C(COC(=O)c1c(Cl)ccc(Cl)c1Cl)Nc1cc(F)cc(F)c1. The van der Waals surface area contributed by atoms with Crippen molar-refractivity contribution in [2.45, 2.75) is 0 Å². The van der Waals surface area contributed by atoms with Crippen LogP contribution in [-0.4, -0.2) is 18.5 Å². The molecule has 4 nitrogen and oxygen atoms in total. The van der Waals surface area contributed by atoms with Gasteiger partial charge < -0.3 is 10.1 Å². The Balaban J connectivity index is 2.01. The Kier molecular flexibility index (Phi) is 5.99. The van der Waals surface area contributed by atoms with Crippen molar-refractivity contribution in [2.24, 2.45) is 0 Å². The van der Waals surface area contributed by atoms with E-state index in [-0.39, 0.29) is 26.3 Å². The molecule has 0 radical (unpaired) electrons. The van der Waals surface area contributed by atoms with Gasteiger partial charge in [0.2, 0.25) is 0 Å². The van der Waals surface area contributed by atoms with Crippen LogP contribution in [0.4, 0.5) is 14.5 Å². The number of carbonyl (C=O) groups excluding carboxylic acids is 2. The van der Waals surface area contributed by atoms with Crippen LogP contribution in [0.2, 0.25) is 15.1 Å². The standard InChI is InChI=1S/C15H8Cl3F2NO3/c16-10-1-2-11(17)14(18)13(10)15(23)24-6-12(22)21-9-4-7(19)3-8(20)5-9/h1-5H,6H2,(H,21,22). The number of anilines is 1. The second-order valence-corrected chi connectivity index (χ2v) is 5.69. The highest BCUT2D eigenvalue weighted by Gasteiger charge is 2.19. The smallest absolute Gasteiger partial charge is 0.341 e. The summed E-state index contributed by atoms with van der Waals surface area (Å²) in [6.45, 7) is -0.712. The highest BCUT2D eigenvalue weighted by atomic mass is 35.5. The van der Waals surface area contributed by atoms with E-state index in [0.29, 0.717) is 6.07 Å². The number of halogens is 5. The van der Waals surface area contributed by atoms with Gasteiger partial charge in [-0.1, -0.05) is 34.8 Å². The van der Waals surface area contributed by atoms with Gasteiger partial charge in [0.1, 0.15) is 11.6 Å². The van der Waals surface area contributed by atoms with Crippen LogP contribution in [-0.2, 0) is 9.53 Å². The topological polar surface area (TPSA) is 55.4 Å². The number of esters is 1. The van der Waals surface area contributed by atoms with E-state index in [1.165, 1.54) is 12.1 Å². The van der Waals surface area contributed by atoms with Crippen LogP contribution >= 0.6 is 34.8 Å². The fraction of sp³-hybridized carbons (Fsp3) is 0.0667. The van der Waals surface area contributed by atoms with Gasteiger partial charge >= 0.3 is 5.97 Å². The Morgan fingerprint density at radius 1 is 1.00 bits per heavy atom. The molecule has 1 N–H and O–H groups in total. The molecule has 126 valence electrons. The molecule has 0 aromatic heterocycles. The van der Waals surface area contributed by atoms with Crippen molar-refractivity contribution in [3.63, 3.8) is 0 Å².